The van der Waals surface area contributed by atoms with Gasteiger partial charge < -0.3 is 15.4 Å². The zero-order chi connectivity index (χ0) is 15.9. The van der Waals surface area contributed by atoms with E-state index in [2.05, 4.69) is 20.6 Å². The summed E-state index contributed by atoms with van der Waals surface area (Å²) in [6.45, 7) is 6.08. The van der Waals surface area contributed by atoms with Crippen LogP contribution in [0.2, 0.25) is 0 Å². The van der Waals surface area contributed by atoms with Gasteiger partial charge in [0.25, 0.3) is 0 Å². The minimum atomic E-state index is -0.297. The summed E-state index contributed by atoms with van der Waals surface area (Å²) in [5.41, 5.74) is 3.00. The lowest BCUT2D eigenvalue weighted by atomic mass is 10.2. The molecule has 0 spiro atoms. The first kappa shape index (κ1) is 15.8. The van der Waals surface area contributed by atoms with Gasteiger partial charge in [-0.15, -0.1) is 0 Å². The Kier molecular flexibility index (Phi) is 5.30. The molecule has 2 rings (SSSR count). The molecule has 6 nitrogen and oxygen atoms in total. The summed E-state index contributed by atoms with van der Waals surface area (Å²) in [6, 6.07) is 9.94. The molecule has 0 fully saturated rings. The summed E-state index contributed by atoms with van der Waals surface area (Å²) in [6.07, 6.45) is 0. The van der Waals surface area contributed by atoms with Crippen molar-refractivity contribution in [3.63, 3.8) is 0 Å². The molecule has 0 amide bonds. The fourth-order valence-electron chi connectivity index (χ4n) is 1.94. The number of nitrogens with zero attached hydrogens (tertiary/aromatic N) is 2. The number of ether oxygens (including phenoxy) is 1. The number of aryl methyl sites for hydroxylation is 2. The molecule has 0 aliphatic carbocycles. The monoisotopic (exact) mass is 300 g/mol. The van der Waals surface area contributed by atoms with E-state index in [1.54, 1.807) is 0 Å². The van der Waals surface area contributed by atoms with Crippen molar-refractivity contribution in [2.24, 2.45) is 0 Å². The van der Waals surface area contributed by atoms with E-state index >= 15 is 0 Å². The first-order valence-electron chi connectivity index (χ1n) is 7.09. The Bertz CT molecular complexity index is 658. The molecule has 0 aliphatic heterocycles. The highest BCUT2D eigenvalue weighted by atomic mass is 16.5. The maximum absolute atomic E-state index is 10.7. The van der Waals surface area contributed by atoms with Crippen LogP contribution in [0, 0.1) is 13.8 Å². The van der Waals surface area contributed by atoms with E-state index in [4.69, 9.17) is 4.74 Å². The van der Waals surface area contributed by atoms with Crippen LogP contribution in [0.1, 0.15) is 18.2 Å². The van der Waals surface area contributed by atoms with E-state index in [0.717, 1.165) is 11.4 Å². The van der Waals surface area contributed by atoms with Crippen molar-refractivity contribution in [1.29, 1.82) is 0 Å². The highest BCUT2D eigenvalue weighted by Crippen LogP contribution is 2.17. The van der Waals surface area contributed by atoms with Gasteiger partial charge in [0, 0.05) is 24.4 Å². The summed E-state index contributed by atoms with van der Waals surface area (Å²) >= 11 is 0. The Balaban J connectivity index is 2.01. The molecular weight excluding hydrogens is 280 g/mol. The smallest absolute Gasteiger partial charge is 0.302 e. The third-order valence-corrected chi connectivity index (χ3v) is 2.84. The van der Waals surface area contributed by atoms with Crippen molar-refractivity contribution in [2.75, 3.05) is 23.8 Å². The largest absolute Gasteiger partial charge is 0.464 e. The van der Waals surface area contributed by atoms with Crippen LogP contribution in [0.3, 0.4) is 0 Å². The first-order valence-corrected chi connectivity index (χ1v) is 7.09. The highest BCUT2D eigenvalue weighted by Gasteiger charge is 2.03. The maximum Gasteiger partial charge on any atom is 0.302 e. The summed E-state index contributed by atoms with van der Waals surface area (Å²) in [5.74, 6) is 0.921. The zero-order valence-electron chi connectivity index (χ0n) is 13.0. The molecular formula is C16H20N4O2. The Morgan fingerprint density at radius 1 is 1.23 bits per heavy atom. The molecule has 2 aromatic rings. The van der Waals surface area contributed by atoms with E-state index < -0.39 is 0 Å². The van der Waals surface area contributed by atoms with E-state index in [1.165, 1.54) is 12.5 Å². The van der Waals surface area contributed by atoms with Gasteiger partial charge in [0.1, 0.15) is 12.4 Å². The number of carbonyl (C=O) groups is 1. The summed E-state index contributed by atoms with van der Waals surface area (Å²) in [4.78, 5) is 19.4. The number of anilines is 3. The van der Waals surface area contributed by atoms with Crippen molar-refractivity contribution >= 4 is 23.4 Å². The zero-order valence-corrected chi connectivity index (χ0v) is 13.0. The second kappa shape index (κ2) is 7.40. The second-order valence-corrected chi connectivity index (χ2v) is 4.98. The SMILES string of the molecule is CC(=O)OCCNc1nc(C)cc(Nc2cccc(C)c2)n1. The number of hydrogen-bond donors (Lipinski definition) is 2. The van der Waals surface area contributed by atoms with Crippen LogP contribution < -0.4 is 10.6 Å². The van der Waals surface area contributed by atoms with Crippen LogP contribution in [0.4, 0.5) is 17.5 Å². The van der Waals surface area contributed by atoms with Gasteiger partial charge in [0.15, 0.2) is 0 Å². The Labute approximate surface area is 129 Å². The molecule has 1 aromatic carbocycles. The minimum absolute atomic E-state index is 0.285. The van der Waals surface area contributed by atoms with Gasteiger partial charge in [-0.3, -0.25) is 4.79 Å². The van der Waals surface area contributed by atoms with Gasteiger partial charge in [-0.25, -0.2) is 4.98 Å². The average Bonchev–Trinajstić information content (AvgIpc) is 2.43. The molecule has 0 bridgehead atoms. The van der Waals surface area contributed by atoms with Gasteiger partial charge in [-0.1, -0.05) is 12.1 Å². The lowest BCUT2D eigenvalue weighted by Crippen LogP contribution is -2.14. The van der Waals surface area contributed by atoms with Crippen molar-refractivity contribution in [3.05, 3.63) is 41.6 Å². The fraction of sp³-hybridized carbons (Fsp3) is 0.312. The van der Waals surface area contributed by atoms with Crippen LogP contribution in [0.25, 0.3) is 0 Å². The van der Waals surface area contributed by atoms with Crippen molar-refractivity contribution in [2.45, 2.75) is 20.8 Å². The second-order valence-electron chi connectivity index (χ2n) is 4.98. The predicted octanol–water partition coefficient (Wildman–Crippen LogP) is 2.81. The molecule has 1 aromatic heterocycles. The van der Waals surface area contributed by atoms with Gasteiger partial charge in [-0.05, 0) is 31.5 Å². The first-order chi connectivity index (χ1) is 10.5. The predicted molar refractivity (Wildman–Crippen MR) is 86.4 cm³/mol. The number of nitrogens with one attached hydrogen (secondary N) is 2. The normalized spacial score (nSPS) is 10.1. The Morgan fingerprint density at radius 3 is 2.77 bits per heavy atom. The highest BCUT2D eigenvalue weighted by molar-refractivity contribution is 5.65. The molecule has 0 saturated heterocycles. The summed E-state index contributed by atoms with van der Waals surface area (Å²) in [7, 11) is 0. The van der Waals surface area contributed by atoms with Crippen LogP contribution in [-0.2, 0) is 9.53 Å². The number of benzene rings is 1. The van der Waals surface area contributed by atoms with Crippen LogP contribution >= 0.6 is 0 Å². The summed E-state index contributed by atoms with van der Waals surface area (Å²) in [5, 5.41) is 6.30. The number of esters is 1. The molecule has 116 valence electrons. The van der Waals surface area contributed by atoms with Gasteiger partial charge in [0.2, 0.25) is 5.95 Å². The van der Waals surface area contributed by atoms with Gasteiger partial charge >= 0.3 is 5.97 Å². The van der Waals surface area contributed by atoms with Crippen LogP contribution in [-0.4, -0.2) is 29.1 Å². The van der Waals surface area contributed by atoms with Gasteiger partial charge in [-0.2, -0.15) is 4.98 Å². The molecule has 0 atom stereocenters. The van der Waals surface area contributed by atoms with E-state index in [-0.39, 0.29) is 12.6 Å². The van der Waals surface area contributed by atoms with E-state index in [9.17, 15) is 4.79 Å². The van der Waals surface area contributed by atoms with E-state index in [1.807, 2.05) is 44.2 Å². The molecule has 1 heterocycles. The lowest BCUT2D eigenvalue weighted by molar-refractivity contribution is -0.140. The van der Waals surface area contributed by atoms with Gasteiger partial charge in [0.05, 0.1) is 6.54 Å². The maximum atomic E-state index is 10.7. The quantitative estimate of drug-likeness (QED) is 0.631. The topological polar surface area (TPSA) is 76.1 Å². The van der Waals surface area contributed by atoms with Crippen LogP contribution in [0.5, 0.6) is 0 Å². The molecule has 0 saturated carbocycles. The Morgan fingerprint density at radius 2 is 2.05 bits per heavy atom. The third-order valence-electron chi connectivity index (χ3n) is 2.84. The van der Waals surface area contributed by atoms with Crippen molar-refractivity contribution in [1.82, 2.24) is 9.97 Å². The van der Waals surface area contributed by atoms with Crippen molar-refractivity contribution < 1.29 is 9.53 Å². The molecule has 0 aliphatic rings. The molecule has 2 N–H and O–H groups in total. The third kappa shape index (κ3) is 5.05. The average molecular weight is 300 g/mol. The molecule has 0 radical (unpaired) electrons. The number of carbonyl (C=O) groups excluding carboxylic acids is 1. The number of hydrogen-bond acceptors (Lipinski definition) is 6. The molecule has 22 heavy (non-hydrogen) atoms. The fourth-order valence-corrected chi connectivity index (χ4v) is 1.94. The molecule has 0 unspecified atom stereocenters. The summed E-state index contributed by atoms with van der Waals surface area (Å²) < 4.78 is 4.86. The van der Waals surface area contributed by atoms with Crippen molar-refractivity contribution in [3.8, 4) is 0 Å². The standard InChI is InChI=1S/C16H20N4O2/c1-11-5-4-6-14(9-11)19-15-10-12(2)18-16(20-15)17-7-8-22-13(3)21/h4-6,9-10H,7-8H2,1-3H3,(H2,17,18,19,20). The Hall–Kier alpha value is -2.63. The lowest BCUT2D eigenvalue weighted by Gasteiger charge is -2.10. The van der Waals surface area contributed by atoms with Crippen LogP contribution in [0.15, 0.2) is 30.3 Å². The molecule has 6 heteroatoms. The number of aromatic nitrogens is 2. The minimum Gasteiger partial charge on any atom is -0.464 e. The van der Waals surface area contributed by atoms with E-state index in [0.29, 0.717) is 18.3 Å². The number of rotatable bonds is 6.